The molecular weight excluding hydrogens is 464 g/mol. The van der Waals surface area contributed by atoms with Crippen molar-refractivity contribution in [1.82, 2.24) is 5.32 Å². The molecule has 148 valence electrons. The number of anilines is 1. The maximum absolute atomic E-state index is 13.6. The lowest BCUT2D eigenvalue weighted by Crippen LogP contribution is -2.37. The molecule has 0 heterocycles. The third-order valence-electron chi connectivity index (χ3n) is 3.59. The number of hydrogen-bond acceptors (Lipinski definition) is 4. The van der Waals surface area contributed by atoms with E-state index in [2.05, 4.69) is 15.6 Å². The number of hydrogen-bond donors (Lipinski definition) is 2. The summed E-state index contributed by atoms with van der Waals surface area (Å²) < 4.78 is 29.7. The van der Waals surface area contributed by atoms with Crippen molar-refractivity contribution in [2.45, 2.75) is 13.0 Å². The van der Waals surface area contributed by atoms with Crippen molar-refractivity contribution in [3.8, 4) is 17.2 Å². The maximum atomic E-state index is 13.6. The average molecular weight is 489 g/mol. The molecule has 1 unspecified atom stereocenters. The number of para-hydroxylation sites is 1. The second kappa shape index (κ2) is 11.5. The van der Waals surface area contributed by atoms with Crippen molar-refractivity contribution < 1.29 is 18.6 Å². The summed E-state index contributed by atoms with van der Waals surface area (Å²) in [5.74, 6) is 1.66. The Morgan fingerprint density at radius 3 is 2.41 bits per heavy atom. The lowest BCUT2D eigenvalue weighted by Gasteiger charge is -2.18. The van der Waals surface area contributed by atoms with Gasteiger partial charge in [0.25, 0.3) is 0 Å². The van der Waals surface area contributed by atoms with Gasteiger partial charge in [0.15, 0.2) is 29.0 Å². The number of halogens is 2. The van der Waals surface area contributed by atoms with Crippen LogP contribution in [0.15, 0.2) is 47.5 Å². The molecular formula is C19H25FIN3O3. The minimum Gasteiger partial charge on any atom is -0.493 e. The van der Waals surface area contributed by atoms with Crippen molar-refractivity contribution >= 4 is 35.6 Å². The third kappa shape index (κ3) is 6.78. The first kappa shape index (κ1) is 22.8. The Kier molecular flexibility index (Phi) is 9.70. The van der Waals surface area contributed by atoms with Gasteiger partial charge in [0, 0.05) is 18.8 Å². The lowest BCUT2D eigenvalue weighted by molar-refractivity contribution is 0.214. The van der Waals surface area contributed by atoms with Gasteiger partial charge in [0.2, 0.25) is 0 Å². The molecule has 6 nitrogen and oxygen atoms in total. The highest BCUT2D eigenvalue weighted by Gasteiger charge is 2.10. The Morgan fingerprint density at radius 2 is 1.78 bits per heavy atom. The molecule has 0 saturated carbocycles. The molecule has 0 aliphatic rings. The summed E-state index contributed by atoms with van der Waals surface area (Å²) in [6.45, 7) is 2.30. The Morgan fingerprint density at radius 1 is 1.07 bits per heavy atom. The minimum atomic E-state index is -0.382. The van der Waals surface area contributed by atoms with Crippen LogP contribution in [0.1, 0.15) is 6.92 Å². The number of aliphatic imine (C=N–C) groups is 1. The fourth-order valence-corrected chi connectivity index (χ4v) is 2.27. The van der Waals surface area contributed by atoms with Gasteiger partial charge in [-0.15, -0.1) is 24.0 Å². The normalized spacial score (nSPS) is 11.8. The van der Waals surface area contributed by atoms with Crippen LogP contribution in [-0.2, 0) is 0 Å². The van der Waals surface area contributed by atoms with E-state index >= 15 is 0 Å². The topological polar surface area (TPSA) is 64.1 Å². The van der Waals surface area contributed by atoms with Crippen LogP contribution in [0, 0.1) is 5.82 Å². The smallest absolute Gasteiger partial charge is 0.195 e. The van der Waals surface area contributed by atoms with E-state index in [9.17, 15) is 4.39 Å². The van der Waals surface area contributed by atoms with Crippen LogP contribution >= 0.6 is 24.0 Å². The zero-order valence-corrected chi connectivity index (χ0v) is 18.1. The summed E-state index contributed by atoms with van der Waals surface area (Å²) in [6, 6.07) is 11.8. The molecule has 0 saturated heterocycles. The predicted octanol–water partition coefficient (Wildman–Crippen LogP) is 3.92. The summed E-state index contributed by atoms with van der Waals surface area (Å²) in [6.07, 6.45) is -0.254. The van der Waals surface area contributed by atoms with Gasteiger partial charge in [-0.1, -0.05) is 12.1 Å². The van der Waals surface area contributed by atoms with Gasteiger partial charge in [0.1, 0.15) is 6.10 Å². The van der Waals surface area contributed by atoms with Crippen LogP contribution in [0.2, 0.25) is 0 Å². The molecule has 2 aromatic carbocycles. The minimum absolute atomic E-state index is 0. The van der Waals surface area contributed by atoms with Crippen molar-refractivity contribution in [3.05, 3.63) is 48.3 Å². The standard InChI is InChI=1S/C19H24FN3O3.HI/c1-13(26-16-8-6-5-7-15(16)20)12-22-19(21-2)23-14-9-10-17(24-3)18(11-14)25-4;/h5-11,13H,12H2,1-4H3,(H2,21,22,23);1H. The zero-order chi connectivity index (χ0) is 18.9. The molecule has 0 aliphatic heterocycles. The fraction of sp³-hybridized carbons (Fsp3) is 0.316. The predicted molar refractivity (Wildman–Crippen MR) is 116 cm³/mol. The van der Waals surface area contributed by atoms with Crippen LogP contribution in [-0.4, -0.2) is 39.9 Å². The number of nitrogens with zero attached hydrogens (tertiary/aromatic N) is 1. The number of guanidine groups is 1. The van der Waals surface area contributed by atoms with E-state index in [0.29, 0.717) is 24.0 Å². The monoisotopic (exact) mass is 489 g/mol. The molecule has 27 heavy (non-hydrogen) atoms. The lowest BCUT2D eigenvalue weighted by atomic mass is 10.2. The van der Waals surface area contributed by atoms with Crippen molar-refractivity contribution in [2.75, 3.05) is 33.1 Å². The van der Waals surface area contributed by atoms with Crippen molar-refractivity contribution in [1.29, 1.82) is 0 Å². The summed E-state index contributed by atoms with van der Waals surface area (Å²) >= 11 is 0. The van der Waals surface area contributed by atoms with E-state index in [1.165, 1.54) is 6.07 Å². The molecule has 0 radical (unpaired) electrons. The molecule has 2 N–H and O–H groups in total. The highest BCUT2D eigenvalue weighted by Crippen LogP contribution is 2.29. The molecule has 1 atom stereocenters. The number of ether oxygens (including phenoxy) is 3. The van der Waals surface area contributed by atoms with Gasteiger partial charge in [-0.05, 0) is 31.2 Å². The van der Waals surface area contributed by atoms with Crippen molar-refractivity contribution in [2.24, 2.45) is 4.99 Å². The Bertz CT molecular complexity index is 759. The number of rotatable bonds is 7. The van der Waals surface area contributed by atoms with Gasteiger partial charge in [0.05, 0.1) is 20.8 Å². The molecule has 0 bridgehead atoms. The fourth-order valence-electron chi connectivity index (χ4n) is 2.27. The van der Waals surface area contributed by atoms with E-state index < -0.39 is 0 Å². The molecule has 0 spiro atoms. The molecule has 0 aliphatic carbocycles. The first-order valence-electron chi connectivity index (χ1n) is 8.18. The Balaban J connectivity index is 0.00000364. The number of benzene rings is 2. The van der Waals surface area contributed by atoms with Crippen LogP contribution in [0.5, 0.6) is 17.2 Å². The van der Waals surface area contributed by atoms with E-state index in [1.807, 2.05) is 19.1 Å². The van der Waals surface area contributed by atoms with Crippen LogP contribution < -0.4 is 24.8 Å². The van der Waals surface area contributed by atoms with Gasteiger partial charge in [-0.2, -0.15) is 0 Å². The molecule has 2 rings (SSSR count). The zero-order valence-electron chi connectivity index (χ0n) is 15.8. The summed E-state index contributed by atoms with van der Waals surface area (Å²) in [7, 11) is 4.83. The molecule has 0 fully saturated rings. The van der Waals surface area contributed by atoms with E-state index in [4.69, 9.17) is 14.2 Å². The first-order chi connectivity index (χ1) is 12.6. The first-order valence-corrected chi connectivity index (χ1v) is 8.18. The van der Waals surface area contributed by atoms with Gasteiger partial charge in [-0.3, -0.25) is 4.99 Å². The van der Waals surface area contributed by atoms with Gasteiger partial charge in [-0.25, -0.2) is 4.39 Å². The van der Waals surface area contributed by atoms with Crippen LogP contribution in [0.3, 0.4) is 0 Å². The van der Waals surface area contributed by atoms with Crippen LogP contribution in [0.4, 0.5) is 10.1 Å². The van der Waals surface area contributed by atoms with E-state index in [1.54, 1.807) is 45.5 Å². The molecule has 0 amide bonds. The SMILES string of the molecule is CN=C(NCC(C)Oc1ccccc1F)Nc1ccc(OC)c(OC)c1.I. The van der Waals surface area contributed by atoms with Crippen LogP contribution in [0.25, 0.3) is 0 Å². The highest BCUT2D eigenvalue weighted by atomic mass is 127. The molecule has 0 aromatic heterocycles. The van der Waals surface area contributed by atoms with E-state index in [-0.39, 0.29) is 41.6 Å². The third-order valence-corrected chi connectivity index (χ3v) is 3.59. The second-order valence-electron chi connectivity index (χ2n) is 5.51. The largest absolute Gasteiger partial charge is 0.493 e. The van der Waals surface area contributed by atoms with Crippen molar-refractivity contribution in [3.63, 3.8) is 0 Å². The Labute approximate surface area is 176 Å². The van der Waals surface area contributed by atoms with Gasteiger partial charge < -0.3 is 24.8 Å². The number of nitrogens with one attached hydrogen (secondary N) is 2. The second-order valence-corrected chi connectivity index (χ2v) is 5.51. The summed E-state index contributed by atoms with van der Waals surface area (Å²) in [5, 5.41) is 6.30. The quantitative estimate of drug-likeness (QED) is 0.351. The highest BCUT2D eigenvalue weighted by molar-refractivity contribution is 14.0. The Hall–Kier alpha value is -2.23. The van der Waals surface area contributed by atoms with E-state index in [0.717, 1.165) is 5.69 Å². The average Bonchev–Trinajstić information content (AvgIpc) is 2.66. The maximum Gasteiger partial charge on any atom is 0.195 e. The summed E-state index contributed by atoms with van der Waals surface area (Å²) in [4.78, 5) is 4.17. The summed E-state index contributed by atoms with van der Waals surface area (Å²) in [5.41, 5.74) is 0.790. The van der Waals surface area contributed by atoms with Gasteiger partial charge >= 0.3 is 0 Å². The number of methoxy groups -OCH3 is 2. The molecule has 8 heteroatoms. The molecule has 2 aromatic rings.